The van der Waals surface area contributed by atoms with Gasteiger partial charge in [-0.3, -0.25) is 4.79 Å². The molecule has 2 N–H and O–H groups in total. The van der Waals surface area contributed by atoms with Crippen molar-refractivity contribution >= 4 is 39.1 Å². The smallest absolute Gasteiger partial charge is 0.346 e. The Labute approximate surface area is 134 Å². The van der Waals surface area contributed by atoms with Crippen LogP contribution in [0.5, 0.6) is 0 Å². The topological polar surface area (TPSA) is 83.0 Å². The van der Waals surface area contributed by atoms with Crippen molar-refractivity contribution in [1.29, 1.82) is 0 Å². The molecule has 5 nitrogen and oxygen atoms in total. The van der Waals surface area contributed by atoms with Crippen LogP contribution in [0.2, 0.25) is 5.02 Å². The molecule has 0 aliphatic heterocycles. The molecule has 3 aromatic rings. The van der Waals surface area contributed by atoms with Crippen molar-refractivity contribution in [2.24, 2.45) is 0 Å². The van der Waals surface area contributed by atoms with Gasteiger partial charge in [0.2, 0.25) is 0 Å². The van der Waals surface area contributed by atoms with E-state index in [0.29, 0.717) is 33.0 Å². The number of thiophene rings is 1. The van der Waals surface area contributed by atoms with Gasteiger partial charge in [-0.25, -0.2) is 9.78 Å². The van der Waals surface area contributed by atoms with Crippen LogP contribution in [0.3, 0.4) is 0 Å². The standard InChI is InChI=1S/C15H11ClN2O3S/c1-7-11-13(19)17-10(6-8-2-4-9(16)5-3-8)18-14(11)22-12(7)15(20)21/h2-5H,6H2,1H3,(H,20,21)(H,17,18,19). The number of carboxylic acid groups (broad SMARTS) is 1. The zero-order chi connectivity index (χ0) is 15.9. The van der Waals surface area contributed by atoms with Crippen molar-refractivity contribution in [2.45, 2.75) is 13.3 Å². The monoisotopic (exact) mass is 334 g/mol. The van der Waals surface area contributed by atoms with Gasteiger partial charge in [-0.15, -0.1) is 11.3 Å². The summed E-state index contributed by atoms with van der Waals surface area (Å²) in [6.07, 6.45) is 0.446. The quantitative estimate of drug-likeness (QED) is 0.770. The van der Waals surface area contributed by atoms with Gasteiger partial charge in [-0.2, -0.15) is 0 Å². The number of nitrogens with zero attached hydrogens (tertiary/aromatic N) is 1. The lowest BCUT2D eigenvalue weighted by molar-refractivity contribution is 0.0701. The average molecular weight is 335 g/mol. The van der Waals surface area contributed by atoms with Crippen LogP contribution in [0.1, 0.15) is 26.6 Å². The van der Waals surface area contributed by atoms with Gasteiger partial charge in [-0.05, 0) is 30.2 Å². The van der Waals surface area contributed by atoms with Crippen LogP contribution in [0, 0.1) is 6.92 Å². The Hall–Kier alpha value is -2.18. The number of benzene rings is 1. The van der Waals surface area contributed by atoms with Gasteiger partial charge in [0.1, 0.15) is 15.5 Å². The molecule has 0 aliphatic carbocycles. The molecule has 0 atom stereocenters. The molecule has 0 fully saturated rings. The normalized spacial score (nSPS) is 11.0. The number of rotatable bonds is 3. The van der Waals surface area contributed by atoms with Gasteiger partial charge in [-0.1, -0.05) is 23.7 Å². The minimum atomic E-state index is -1.04. The number of hydrogen-bond acceptors (Lipinski definition) is 4. The first-order valence-corrected chi connectivity index (χ1v) is 7.65. The molecule has 0 saturated carbocycles. The number of halogens is 1. The van der Waals surface area contributed by atoms with Crippen LogP contribution in [0.15, 0.2) is 29.1 Å². The predicted octanol–water partition coefficient (Wildman–Crippen LogP) is 3.24. The second-order valence-corrected chi connectivity index (χ2v) is 6.29. The summed E-state index contributed by atoms with van der Waals surface area (Å²) in [6, 6.07) is 7.25. The lowest BCUT2D eigenvalue weighted by atomic mass is 10.1. The summed E-state index contributed by atoms with van der Waals surface area (Å²) in [4.78, 5) is 31.1. The fourth-order valence-electron chi connectivity index (χ4n) is 2.27. The van der Waals surface area contributed by atoms with Crippen molar-refractivity contribution in [3.8, 4) is 0 Å². The number of nitrogens with one attached hydrogen (secondary N) is 1. The molecular formula is C15H11ClN2O3S. The van der Waals surface area contributed by atoms with E-state index in [-0.39, 0.29) is 10.4 Å². The molecular weight excluding hydrogens is 324 g/mol. The largest absolute Gasteiger partial charge is 0.477 e. The third kappa shape index (κ3) is 2.63. The number of carboxylic acids is 1. The van der Waals surface area contributed by atoms with Gasteiger partial charge in [0.15, 0.2) is 0 Å². The van der Waals surface area contributed by atoms with Gasteiger partial charge in [0.25, 0.3) is 5.56 Å². The third-order valence-corrected chi connectivity index (χ3v) is 4.75. The van der Waals surface area contributed by atoms with Crippen LogP contribution < -0.4 is 5.56 Å². The minimum Gasteiger partial charge on any atom is -0.477 e. The molecule has 7 heteroatoms. The van der Waals surface area contributed by atoms with E-state index in [1.54, 1.807) is 19.1 Å². The van der Waals surface area contributed by atoms with E-state index in [0.717, 1.165) is 16.9 Å². The number of H-pyrrole nitrogens is 1. The van der Waals surface area contributed by atoms with Crippen LogP contribution >= 0.6 is 22.9 Å². The number of aryl methyl sites for hydroxylation is 1. The first kappa shape index (κ1) is 14.7. The second kappa shape index (κ2) is 5.55. The number of hydrogen-bond donors (Lipinski definition) is 2. The molecule has 3 rings (SSSR count). The van der Waals surface area contributed by atoms with Crippen molar-refractivity contribution in [2.75, 3.05) is 0 Å². The summed E-state index contributed by atoms with van der Waals surface area (Å²) in [5, 5.41) is 10.1. The van der Waals surface area contributed by atoms with Gasteiger partial charge < -0.3 is 10.1 Å². The Morgan fingerprint density at radius 3 is 2.68 bits per heavy atom. The van der Waals surface area contributed by atoms with Crippen molar-refractivity contribution < 1.29 is 9.90 Å². The molecule has 2 aromatic heterocycles. The summed E-state index contributed by atoms with van der Waals surface area (Å²) in [6.45, 7) is 1.62. The molecule has 0 amide bonds. The number of fused-ring (bicyclic) bond motifs is 1. The van der Waals surface area contributed by atoms with E-state index in [2.05, 4.69) is 9.97 Å². The zero-order valence-electron chi connectivity index (χ0n) is 11.5. The highest BCUT2D eigenvalue weighted by Gasteiger charge is 2.18. The fourth-order valence-corrected chi connectivity index (χ4v) is 3.44. The Bertz CT molecular complexity index is 928. The third-order valence-electron chi connectivity index (χ3n) is 3.33. The molecule has 2 heterocycles. The van der Waals surface area contributed by atoms with Crippen molar-refractivity contribution in [3.63, 3.8) is 0 Å². The molecule has 112 valence electrons. The summed E-state index contributed by atoms with van der Waals surface area (Å²) in [7, 11) is 0. The SMILES string of the molecule is Cc1c(C(=O)O)sc2nc(Cc3ccc(Cl)cc3)[nH]c(=O)c12. The van der Waals surface area contributed by atoms with Gasteiger partial charge in [0.05, 0.1) is 5.39 Å². The fraction of sp³-hybridized carbons (Fsp3) is 0.133. The Morgan fingerprint density at radius 2 is 2.05 bits per heavy atom. The molecule has 0 saturated heterocycles. The number of aromatic carboxylic acids is 1. The molecule has 0 spiro atoms. The summed E-state index contributed by atoms with van der Waals surface area (Å²) in [5.74, 6) is -0.544. The molecule has 1 aromatic carbocycles. The second-order valence-electron chi connectivity index (χ2n) is 4.86. The predicted molar refractivity (Wildman–Crippen MR) is 86.2 cm³/mol. The van der Waals surface area contributed by atoms with E-state index >= 15 is 0 Å². The van der Waals surface area contributed by atoms with Crippen LogP contribution in [0.4, 0.5) is 0 Å². The minimum absolute atomic E-state index is 0.150. The van der Waals surface area contributed by atoms with E-state index in [4.69, 9.17) is 16.7 Å². The lowest BCUT2D eigenvalue weighted by Gasteiger charge is -2.02. The lowest BCUT2D eigenvalue weighted by Crippen LogP contribution is -2.12. The van der Waals surface area contributed by atoms with Gasteiger partial charge >= 0.3 is 5.97 Å². The summed E-state index contributed by atoms with van der Waals surface area (Å²) < 4.78 is 0. The number of aromatic amines is 1. The molecule has 22 heavy (non-hydrogen) atoms. The highest BCUT2D eigenvalue weighted by atomic mass is 35.5. The number of carbonyl (C=O) groups is 1. The molecule has 0 radical (unpaired) electrons. The highest BCUT2D eigenvalue weighted by molar-refractivity contribution is 7.20. The van der Waals surface area contributed by atoms with Crippen LogP contribution in [-0.4, -0.2) is 21.0 Å². The van der Waals surface area contributed by atoms with Crippen LogP contribution in [-0.2, 0) is 6.42 Å². The van der Waals surface area contributed by atoms with E-state index in [1.165, 1.54) is 0 Å². The zero-order valence-corrected chi connectivity index (χ0v) is 13.1. The highest BCUT2D eigenvalue weighted by Crippen LogP contribution is 2.27. The maximum atomic E-state index is 12.2. The maximum absolute atomic E-state index is 12.2. The molecule has 0 unspecified atom stereocenters. The van der Waals surface area contributed by atoms with Crippen LogP contribution in [0.25, 0.3) is 10.2 Å². The van der Waals surface area contributed by atoms with Crippen molar-refractivity contribution in [3.05, 3.63) is 61.5 Å². The molecule has 0 aliphatic rings. The average Bonchev–Trinajstić information content (AvgIpc) is 2.79. The Morgan fingerprint density at radius 1 is 1.36 bits per heavy atom. The van der Waals surface area contributed by atoms with Gasteiger partial charge in [0, 0.05) is 11.4 Å². The maximum Gasteiger partial charge on any atom is 0.346 e. The Balaban J connectivity index is 2.07. The summed E-state index contributed by atoms with van der Waals surface area (Å²) >= 11 is 6.86. The summed E-state index contributed by atoms with van der Waals surface area (Å²) in [5.41, 5.74) is 1.10. The first-order valence-electron chi connectivity index (χ1n) is 6.45. The first-order chi connectivity index (χ1) is 10.5. The molecule has 0 bridgehead atoms. The Kier molecular flexibility index (Phi) is 3.72. The number of aromatic nitrogens is 2. The van der Waals surface area contributed by atoms with E-state index < -0.39 is 5.97 Å². The van der Waals surface area contributed by atoms with E-state index in [9.17, 15) is 9.59 Å². The van der Waals surface area contributed by atoms with E-state index in [1.807, 2.05) is 12.1 Å². The van der Waals surface area contributed by atoms with Crippen molar-refractivity contribution in [1.82, 2.24) is 9.97 Å².